The van der Waals surface area contributed by atoms with Crippen molar-refractivity contribution >= 4 is 32.6 Å². The van der Waals surface area contributed by atoms with Crippen molar-refractivity contribution in [2.24, 2.45) is 0 Å². The van der Waals surface area contributed by atoms with Crippen LogP contribution in [0.4, 0.5) is 5.13 Å². The number of nitrogens with one attached hydrogen (secondary N) is 1. The summed E-state index contributed by atoms with van der Waals surface area (Å²) < 4.78 is 12.5. The van der Waals surface area contributed by atoms with Gasteiger partial charge in [0.2, 0.25) is 0 Å². The Kier molecular flexibility index (Phi) is 6.51. The van der Waals surface area contributed by atoms with E-state index in [1.54, 1.807) is 11.3 Å². The Morgan fingerprint density at radius 1 is 1.03 bits per heavy atom. The number of amides is 1. The third-order valence-electron chi connectivity index (χ3n) is 6.80. The van der Waals surface area contributed by atoms with E-state index in [1.165, 1.54) is 28.9 Å². The molecule has 1 amide bonds. The van der Waals surface area contributed by atoms with E-state index >= 15 is 0 Å². The van der Waals surface area contributed by atoms with E-state index in [9.17, 15) is 4.79 Å². The van der Waals surface area contributed by atoms with E-state index in [0.29, 0.717) is 19.8 Å². The van der Waals surface area contributed by atoms with Gasteiger partial charge in [-0.05, 0) is 62.8 Å². The van der Waals surface area contributed by atoms with E-state index in [1.807, 2.05) is 23.1 Å². The molecule has 0 spiro atoms. The van der Waals surface area contributed by atoms with Gasteiger partial charge in [-0.3, -0.25) is 9.69 Å². The van der Waals surface area contributed by atoms with Crippen LogP contribution < -0.4 is 19.3 Å². The van der Waals surface area contributed by atoms with Crippen LogP contribution in [0.3, 0.4) is 0 Å². The molecule has 1 aromatic heterocycles. The lowest BCUT2D eigenvalue weighted by Crippen LogP contribution is -3.12. The first-order valence-electron chi connectivity index (χ1n) is 12.1. The molecular formula is C26H32N3O3S+. The molecule has 1 N–H and O–H groups in total. The van der Waals surface area contributed by atoms with Gasteiger partial charge < -0.3 is 14.4 Å². The summed E-state index contributed by atoms with van der Waals surface area (Å²) in [6.45, 7) is 9.09. The minimum absolute atomic E-state index is 0.0336. The molecule has 0 bridgehead atoms. The van der Waals surface area contributed by atoms with Crippen LogP contribution in [0, 0.1) is 0 Å². The minimum Gasteiger partial charge on any atom is -0.486 e. The van der Waals surface area contributed by atoms with E-state index < -0.39 is 0 Å². The number of aryl methyl sites for hydroxylation is 2. The van der Waals surface area contributed by atoms with Crippen LogP contribution in [0.15, 0.2) is 30.3 Å². The number of benzene rings is 2. The molecule has 7 heteroatoms. The highest BCUT2D eigenvalue weighted by atomic mass is 32.1. The van der Waals surface area contributed by atoms with Crippen molar-refractivity contribution in [3.8, 4) is 11.5 Å². The summed E-state index contributed by atoms with van der Waals surface area (Å²) in [5.41, 5.74) is 4.32. The summed E-state index contributed by atoms with van der Waals surface area (Å²) in [5.74, 6) is 1.51. The minimum atomic E-state index is 0.0336. The van der Waals surface area contributed by atoms with Crippen LogP contribution in [0.1, 0.15) is 48.2 Å². The van der Waals surface area contributed by atoms with E-state index in [4.69, 9.17) is 14.5 Å². The molecule has 0 radical (unpaired) electrons. The third kappa shape index (κ3) is 4.57. The number of quaternary nitrogens is 1. The van der Waals surface area contributed by atoms with Gasteiger partial charge in [-0.2, -0.15) is 0 Å². The molecule has 0 atom stereocenters. The van der Waals surface area contributed by atoms with E-state index in [-0.39, 0.29) is 5.91 Å². The second kappa shape index (κ2) is 9.69. The smallest absolute Gasteiger partial charge is 0.260 e. The van der Waals surface area contributed by atoms with Crippen molar-refractivity contribution in [1.82, 2.24) is 4.98 Å². The van der Waals surface area contributed by atoms with Gasteiger partial charge in [0, 0.05) is 17.7 Å². The number of hydrogen-bond acceptors (Lipinski definition) is 5. The molecular weight excluding hydrogens is 434 g/mol. The number of rotatable bonds is 7. The Labute approximate surface area is 199 Å². The lowest BCUT2D eigenvalue weighted by atomic mass is 9.90. The molecule has 2 aliphatic rings. The highest BCUT2D eigenvalue weighted by Gasteiger charge is 2.25. The molecule has 0 saturated heterocycles. The number of thiazole rings is 1. The number of ether oxygens (including phenoxy) is 2. The molecule has 1 aliphatic heterocycles. The first-order valence-corrected chi connectivity index (χ1v) is 12.9. The standard InChI is InChI=1S/C26H31N3O3S/c1-3-28(4-2)11-12-29(25(30)20-10-9-18-7-5-6-8-19(18)15-20)26-27-21-16-22-23(17-24(21)33-26)32-14-13-31-22/h9-10,15-17H,3-8,11-14H2,1-2H3/p+1. The van der Waals surface area contributed by atoms with Gasteiger partial charge in [0.05, 0.1) is 36.4 Å². The summed E-state index contributed by atoms with van der Waals surface area (Å²) in [6.07, 6.45) is 4.62. The highest BCUT2D eigenvalue weighted by molar-refractivity contribution is 7.22. The Bertz CT molecular complexity index is 1110. The molecule has 5 rings (SSSR count). The van der Waals surface area contributed by atoms with Gasteiger partial charge in [0.1, 0.15) is 13.2 Å². The van der Waals surface area contributed by atoms with Crippen molar-refractivity contribution in [3.05, 3.63) is 47.0 Å². The van der Waals surface area contributed by atoms with Crippen molar-refractivity contribution in [2.75, 3.05) is 44.3 Å². The lowest BCUT2D eigenvalue weighted by Gasteiger charge is -2.24. The van der Waals surface area contributed by atoms with Crippen LogP contribution in [-0.4, -0.2) is 50.3 Å². The summed E-state index contributed by atoms with van der Waals surface area (Å²) in [6, 6.07) is 10.2. The molecule has 1 aliphatic carbocycles. The number of carbonyl (C=O) groups excluding carboxylic acids is 1. The predicted octanol–water partition coefficient (Wildman–Crippen LogP) is 3.52. The topological polar surface area (TPSA) is 56.1 Å². The number of fused-ring (bicyclic) bond motifs is 3. The van der Waals surface area contributed by atoms with Gasteiger partial charge in [-0.15, -0.1) is 0 Å². The quantitative estimate of drug-likeness (QED) is 0.579. The van der Waals surface area contributed by atoms with Gasteiger partial charge in [-0.1, -0.05) is 17.4 Å². The molecule has 2 aromatic carbocycles. The van der Waals surface area contributed by atoms with Crippen LogP contribution in [0.25, 0.3) is 10.2 Å². The fraction of sp³-hybridized carbons (Fsp3) is 0.462. The van der Waals surface area contributed by atoms with E-state index in [2.05, 4.69) is 26.0 Å². The monoisotopic (exact) mass is 466 g/mol. The fourth-order valence-electron chi connectivity index (χ4n) is 4.75. The molecule has 174 valence electrons. The molecule has 2 heterocycles. The number of aromatic nitrogens is 1. The first kappa shape index (κ1) is 22.2. The summed E-state index contributed by atoms with van der Waals surface area (Å²) >= 11 is 1.55. The third-order valence-corrected chi connectivity index (χ3v) is 7.84. The van der Waals surface area contributed by atoms with Crippen LogP contribution in [0.2, 0.25) is 0 Å². The van der Waals surface area contributed by atoms with Crippen molar-refractivity contribution in [3.63, 3.8) is 0 Å². The lowest BCUT2D eigenvalue weighted by molar-refractivity contribution is -0.894. The van der Waals surface area contributed by atoms with Gasteiger partial charge in [-0.25, -0.2) is 4.98 Å². The molecule has 0 saturated carbocycles. The largest absolute Gasteiger partial charge is 0.486 e. The average Bonchev–Trinajstić information content (AvgIpc) is 3.27. The maximum atomic E-state index is 13.8. The van der Waals surface area contributed by atoms with Crippen LogP contribution >= 0.6 is 11.3 Å². The maximum Gasteiger partial charge on any atom is 0.260 e. The number of anilines is 1. The molecule has 0 fully saturated rings. The second-order valence-corrected chi connectivity index (χ2v) is 9.82. The van der Waals surface area contributed by atoms with Gasteiger partial charge >= 0.3 is 0 Å². The second-order valence-electron chi connectivity index (χ2n) is 8.81. The van der Waals surface area contributed by atoms with Gasteiger partial charge in [0.15, 0.2) is 16.6 Å². The summed E-state index contributed by atoms with van der Waals surface area (Å²) in [7, 11) is 0. The van der Waals surface area contributed by atoms with Gasteiger partial charge in [0.25, 0.3) is 5.91 Å². The van der Waals surface area contributed by atoms with Crippen LogP contribution in [-0.2, 0) is 12.8 Å². The average molecular weight is 467 g/mol. The Morgan fingerprint density at radius 2 is 1.76 bits per heavy atom. The summed E-state index contributed by atoms with van der Waals surface area (Å²) in [5, 5.41) is 0.738. The zero-order valence-electron chi connectivity index (χ0n) is 19.5. The Hall–Kier alpha value is -2.64. The van der Waals surface area contributed by atoms with E-state index in [0.717, 1.165) is 64.9 Å². The first-order chi connectivity index (χ1) is 16.2. The molecule has 33 heavy (non-hydrogen) atoms. The zero-order chi connectivity index (χ0) is 22.8. The fourth-order valence-corrected chi connectivity index (χ4v) is 5.75. The van der Waals surface area contributed by atoms with Crippen molar-refractivity contribution < 1.29 is 19.2 Å². The molecule has 6 nitrogen and oxygen atoms in total. The number of carbonyl (C=O) groups is 1. The Balaban J connectivity index is 1.49. The van der Waals surface area contributed by atoms with Crippen LogP contribution in [0.5, 0.6) is 11.5 Å². The predicted molar refractivity (Wildman–Crippen MR) is 132 cm³/mol. The SMILES string of the molecule is CC[NH+](CC)CCN(C(=O)c1ccc2c(c1)CCCC2)c1nc2cc3c(cc2s1)OCCO3. The normalized spacial score (nSPS) is 15.0. The van der Waals surface area contributed by atoms with Crippen molar-refractivity contribution in [1.29, 1.82) is 0 Å². The summed E-state index contributed by atoms with van der Waals surface area (Å²) in [4.78, 5) is 22.0. The molecule has 0 unspecified atom stereocenters. The highest BCUT2D eigenvalue weighted by Crippen LogP contribution is 2.39. The number of likely N-dealkylation sites (N-methyl/N-ethyl adjacent to an activating group) is 1. The zero-order valence-corrected chi connectivity index (χ0v) is 20.3. The van der Waals surface area contributed by atoms with Crippen molar-refractivity contribution in [2.45, 2.75) is 39.5 Å². The maximum absolute atomic E-state index is 13.8. The molecule has 3 aromatic rings. The number of nitrogens with zero attached hydrogens (tertiary/aromatic N) is 2. The number of hydrogen-bond donors (Lipinski definition) is 1. The Morgan fingerprint density at radius 3 is 2.52 bits per heavy atom.